The van der Waals surface area contributed by atoms with Gasteiger partial charge in [0.1, 0.15) is 19.3 Å². The third kappa shape index (κ3) is 4.99. The van der Waals surface area contributed by atoms with E-state index in [4.69, 9.17) is 14.2 Å². The molecule has 0 saturated carbocycles. The number of sulfonamides is 1. The van der Waals surface area contributed by atoms with E-state index in [1.54, 1.807) is 43.5 Å². The van der Waals surface area contributed by atoms with Gasteiger partial charge >= 0.3 is 0 Å². The lowest BCUT2D eigenvalue weighted by Gasteiger charge is -2.29. The van der Waals surface area contributed by atoms with E-state index in [0.717, 1.165) is 16.1 Å². The van der Waals surface area contributed by atoms with E-state index < -0.39 is 22.0 Å². The Hall–Kier alpha value is -2.78. The van der Waals surface area contributed by atoms with Crippen LogP contribution in [-0.2, 0) is 26.2 Å². The van der Waals surface area contributed by atoms with E-state index in [9.17, 15) is 13.2 Å². The molecule has 0 fully saturated rings. The first-order chi connectivity index (χ1) is 13.8. The van der Waals surface area contributed by atoms with Gasteiger partial charge in [0, 0.05) is 18.9 Å². The first-order valence-electron chi connectivity index (χ1n) is 9.07. The first-order valence-corrected chi connectivity index (χ1v) is 10.9. The number of carbonyl (C=O) groups excluding carboxylic acids is 1. The molecule has 8 nitrogen and oxygen atoms in total. The summed E-state index contributed by atoms with van der Waals surface area (Å²) in [6.07, 6.45) is 1.06. The summed E-state index contributed by atoms with van der Waals surface area (Å²) in [7, 11) is -2.15. The minimum atomic E-state index is -3.74. The standard InChI is InChI=1S/C20H24N2O6S/c1-14(20(23)21-16-6-4-5-15(11-16)13-26-2)22(29(3,24)25)17-7-8-18-19(12-17)28-10-9-27-18/h4-8,11-12,14H,9-10,13H2,1-3H3,(H,21,23)/t14-/m0/s1. The fourth-order valence-corrected chi connectivity index (χ4v) is 4.30. The van der Waals surface area contributed by atoms with Gasteiger partial charge in [0.15, 0.2) is 11.5 Å². The van der Waals surface area contributed by atoms with Crippen molar-refractivity contribution in [3.8, 4) is 11.5 Å². The maximum absolute atomic E-state index is 12.8. The highest BCUT2D eigenvalue weighted by atomic mass is 32.2. The van der Waals surface area contributed by atoms with Crippen molar-refractivity contribution in [3.05, 3.63) is 48.0 Å². The smallest absolute Gasteiger partial charge is 0.247 e. The van der Waals surface area contributed by atoms with E-state index in [1.165, 1.54) is 6.92 Å². The minimum Gasteiger partial charge on any atom is -0.486 e. The van der Waals surface area contributed by atoms with E-state index in [2.05, 4.69) is 5.32 Å². The molecule has 1 N–H and O–H groups in total. The molecule has 1 atom stereocenters. The van der Waals surface area contributed by atoms with Crippen molar-refractivity contribution in [2.75, 3.05) is 36.2 Å². The number of nitrogens with zero attached hydrogens (tertiary/aromatic N) is 1. The largest absolute Gasteiger partial charge is 0.486 e. The van der Waals surface area contributed by atoms with Crippen LogP contribution in [0.25, 0.3) is 0 Å². The van der Waals surface area contributed by atoms with Crippen LogP contribution in [0.3, 0.4) is 0 Å². The lowest BCUT2D eigenvalue weighted by molar-refractivity contribution is -0.116. The maximum atomic E-state index is 12.8. The highest BCUT2D eigenvalue weighted by Gasteiger charge is 2.30. The fraction of sp³-hybridized carbons (Fsp3) is 0.350. The second-order valence-corrected chi connectivity index (χ2v) is 8.54. The van der Waals surface area contributed by atoms with Crippen molar-refractivity contribution in [1.82, 2.24) is 0 Å². The molecule has 2 aromatic rings. The zero-order valence-corrected chi connectivity index (χ0v) is 17.4. The van der Waals surface area contributed by atoms with Crippen molar-refractivity contribution in [2.45, 2.75) is 19.6 Å². The highest BCUT2D eigenvalue weighted by molar-refractivity contribution is 7.92. The summed E-state index contributed by atoms with van der Waals surface area (Å²) >= 11 is 0. The number of carbonyl (C=O) groups is 1. The number of ether oxygens (including phenoxy) is 3. The van der Waals surface area contributed by atoms with Crippen LogP contribution in [-0.4, -0.2) is 46.9 Å². The van der Waals surface area contributed by atoms with Crippen molar-refractivity contribution in [3.63, 3.8) is 0 Å². The monoisotopic (exact) mass is 420 g/mol. The topological polar surface area (TPSA) is 94.2 Å². The molecule has 1 amide bonds. The molecule has 3 rings (SSSR count). The van der Waals surface area contributed by atoms with Gasteiger partial charge in [0.05, 0.1) is 18.6 Å². The van der Waals surface area contributed by atoms with Gasteiger partial charge in [-0.2, -0.15) is 0 Å². The Labute approximate surface area is 170 Å². The van der Waals surface area contributed by atoms with Crippen LogP contribution in [0.4, 0.5) is 11.4 Å². The van der Waals surface area contributed by atoms with Crippen LogP contribution in [0.5, 0.6) is 11.5 Å². The number of nitrogens with one attached hydrogen (secondary N) is 1. The number of amides is 1. The van der Waals surface area contributed by atoms with Crippen LogP contribution >= 0.6 is 0 Å². The van der Waals surface area contributed by atoms with Crippen LogP contribution < -0.4 is 19.1 Å². The molecule has 0 bridgehead atoms. The van der Waals surface area contributed by atoms with Crippen LogP contribution in [0.1, 0.15) is 12.5 Å². The van der Waals surface area contributed by atoms with Gasteiger partial charge < -0.3 is 19.5 Å². The Morgan fingerprint density at radius 1 is 1.17 bits per heavy atom. The maximum Gasteiger partial charge on any atom is 0.247 e. The summed E-state index contributed by atoms with van der Waals surface area (Å²) < 4.78 is 42.2. The number of hydrogen-bond donors (Lipinski definition) is 1. The third-order valence-electron chi connectivity index (χ3n) is 4.37. The van der Waals surface area contributed by atoms with Crippen LogP contribution in [0.2, 0.25) is 0 Å². The van der Waals surface area contributed by atoms with E-state index >= 15 is 0 Å². The van der Waals surface area contributed by atoms with Gasteiger partial charge in [-0.1, -0.05) is 12.1 Å². The SMILES string of the molecule is COCc1cccc(NC(=O)[C@H](C)N(c2ccc3c(c2)OCCO3)S(C)(=O)=O)c1. The number of fused-ring (bicyclic) bond motifs is 1. The molecule has 1 aliphatic heterocycles. The average molecular weight is 420 g/mol. The van der Waals surface area contributed by atoms with Crippen molar-refractivity contribution < 1.29 is 27.4 Å². The van der Waals surface area contributed by atoms with Crippen molar-refractivity contribution >= 4 is 27.3 Å². The molecule has 29 heavy (non-hydrogen) atoms. The van der Waals surface area contributed by atoms with Gasteiger partial charge in [0.25, 0.3) is 0 Å². The zero-order chi connectivity index (χ0) is 21.0. The Morgan fingerprint density at radius 2 is 1.90 bits per heavy atom. The molecule has 0 spiro atoms. The number of rotatable bonds is 7. The van der Waals surface area contributed by atoms with Gasteiger partial charge in [-0.15, -0.1) is 0 Å². The molecule has 0 aliphatic carbocycles. The van der Waals surface area contributed by atoms with Crippen molar-refractivity contribution in [1.29, 1.82) is 0 Å². The number of hydrogen-bond acceptors (Lipinski definition) is 6. The Bertz CT molecular complexity index is 992. The van der Waals surface area contributed by atoms with E-state index in [1.807, 2.05) is 6.07 Å². The number of methoxy groups -OCH3 is 1. The molecular formula is C20H24N2O6S. The predicted octanol–water partition coefficient (Wildman–Crippen LogP) is 2.40. The second-order valence-electron chi connectivity index (χ2n) is 6.69. The van der Waals surface area contributed by atoms with E-state index in [0.29, 0.717) is 42.7 Å². The molecule has 2 aromatic carbocycles. The molecule has 0 radical (unpaired) electrons. The van der Waals surface area contributed by atoms with Gasteiger partial charge in [-0.25, -0.2) is 8.42 Å². The summed E-state index contributed by atoms with van der Waals surface area (Å²) in [5.41, 5.74) is 1.78. The van der Waals surface area contributed by atoms with Gasteiger partial charge in [0.2, 0.25) is 15.9 Å². The van der Waals surface area contributed by atoms with Gasteiger partial charge in [-0.3, -0.25) is 9.10 Å². The Kier molecular flexibility index (Phi) is 6.29. The van der Waals surface area contributed by atoms with E-state index in [-0.39, 0.29) is 0 Å². The summed E-state index contributed by atoms with van der Waals surface area (Å²) in [5, 5.41) is 2.77. The lowest BCUT2D eigenvalue weighted by atomic mass is 10.2. The van der Waals surface area contributed by atoms with Crippen LogP contribution in [0.15, 0.2) is 42.5 Å². The normalized spacial score (nSPS) is 14.2. The average Bonchev–Trinajstić information content (AvgIpc) is 2.67. The molecule has 1 heterocycles. The second kappa shape index (κ2) is 8.71. The van der Waals surface area contributed by atoms with Crippen molar-refractivity contribution in [2.24, 2.45) is 0 Å². The Morgan fingerprint density at radius 3 is 2.59 bits per heavy atom. The molecule has 0 saturated heterocycles. The number of benzene rings is 2. The summed E-state index contributed by atoms with van der Waals surface area (Å²) in [4.78, 5) is 12.8. The molecule has 9 heteroatoms. The minimum absolute atomic E-state index is 0.326. The quantitative estimate of drug-likeness (QED) is 0.739. The summed E-state index contributed by atoms with van der Waals surface area (Å²) in [6.45, 7) is 2.75. The third-order valence-corrected chi connectivity index (χ3v) is 5.62. The zero-order valence-electron chi connectivity index (χ0n) is 16.5. The van der Waals surface area contributed by atoms with Crippen LogP contribution in [0, 0.1) is 0 Å². The summed E-state index contributed by atoms with van der Waals surface area (Å²) in [6, 6.07) is 11.0. The highest BCUT2D eigenvalue weighted by Crippen LogP contribution is 2.35. The fourth-order valence-electron chi connectivity index (χ4n) is 3.13. The molecule has 156 valence electrons. The number of anilines is 2. The lowest BCUT2D eigenvalue weighted by Crippen LogP contribution is -2.45. The molecule has 0 aromatic heterocycles. The molecular weight excluding hydrogens is 396 g/mol. The predicted molar refractivity (Wildman–Crippen MR) is 110 cm³/mol. The Balaban J connectivity index is 1.85. The van der Waals surface area contributed by atoms with Gasteiger partial charge in [-0.05, 0) is 36.8 Å². The molecule has 1 aliphatic rings. The summed E-state index contributed by atoms with van der Waals surface area (Å²) in [5.74, 6) is 0.530. The first kappa shape index (κ1) is 20.9. The molecule has 0 unspecified atom stereocenters.